The van der Waals surface area contributed by atoms with Crippen LogP contribution in [0.2, 0.25) is 5.02 Å². The predicted octanol–water partition coefficient (Wildman–Crippen LogP) is 4.37. The lowest BCUT2D eigenvalue weighted by Gasteiger charge is -2.04. The fourth-order valence-corrected chi connectivity index (χ4v) is 2.23. The molecule has 0 aliphatic heterocycles. The Bertz CT molecular complexity index is 832. The van der Waals surface area contributed by atoms with Crippen molar-refractivity contribution in [2.45, 2.75) is 20.5 Å². The maximum Gasteiger partial charge on any atom is 0.291 e. The minimum atomic E-state index is -0.373. The lowest BCUT2D eigenvalue weighted by atomic mass is 10.3. The SMILES string of the molecule is Cc1noc(C)c1NC(=O)c1ccc(COc2ccc(Cl)cc2)o1. The normalized spacial score (nSPS) is 10.6. The Morgan fingerprint density at radius 3 is 2.62 bits per heavy atom. The first-order valence-electron chi connectivity index (χ1n) is 7.24. The average Bonchev–Trinajstić information content (AvgIpc) is 3.16. The number of amides is 1. The molecule has 3 aromatic rings. The number of furan rings is 1. The Balaban J connectivity index is 1.62. The van der Waals surface area contributed by atoms with Gasteiger partial charge in [-0.15, -0.1) is 0 Å². The van der Waals surface area contributed by atoms with Gasteiger partial charge in [0.05, 0.1) is 0 Å². The van der Waals surface area contributed by atoms with Gasteiger partial charge in [0, 0.05) is 5.02 Å². The molecule has 24 heavy (non-hydrogen) atoms. The van der Waals surface area contributed by atoms with Crippen molar-refractivity contribution in [3.05, 3.63) is 64.4 Å². The Morgan fingerprint density at radius 2 is 1.96 bits per heavy atom. The molecule has 0 bridgehead atoms. The Kier molecular flexibility index (Phi) is 4.57. The number of carbonyl (C=O) groups is 1. The largest absolute Gasteiger partial charge is 0.486 e. The summed E-state index contributed by atoms with van der Waals surface area (Å²) in [5, 5.41) is 7.15. The van der Waals surface area contributed by atoms with E-state index in [1.807, 2.05) is 0 Å². The standard InChI is InChI=1S/C17H15ClN2O4/c1-10-16(11(2)24-20-10)19-17(21)15-8-7-14(23-15)9-22-13-5-3-12(18)4-6-13/h3-8H,9H2,1-2H3,(H,19,21). The number of carbonyl (C=O) groups excluding carboxylic acids is 1. The molecule has 0 atom stereocenters. The molecule has 0 aliphatic rings. The van der Waals surface area contributed by atoms with Gasteiger partial charge in [0.1, 0.15) is 29.5 Å². The van der Waals surface area contributed by atoms with Crippen LogP contribution >= 0.6 is 11.6 Å². The number of aromatic nitrogens is 1. The molecule has 0 radical (unpaired) electrons. The second-order valence-corrected chi connectivity index (χ2v) is 5.60. The molecule has 1 amide bonds. The van der Waals surface area contributed by atoms with Crippen LogP contribution in [0.5, 0.6) is 5.75 Å². The van der Waals surface area contributed by atoms with Crippen molar-refractivity contribution in [1.29, 1.82) is 0 Å². The van der Waals surface area contributed by atoms with Crippen molar-refractivity contribution in [3.8, 4) is 5.75 Å². The number of hydrogen-bond acceptors (Lipinski definition) is 5. The Hall–Kier alpha value is -2.73. The average molecular weight is 347 g/mol. The molecule has 2 aromatic heterocycles. The van der Waals surface area contributed by atoms with E-state index in [2.05, 4.69) is 10.5 Å². The first kappa shape index (κ1) is 16.1. The number of halogens is 1. The number of nitrogens with one attached hydrogen (secondary N) is 1. The van der Waals surface area contributed by atoms with Gasteiger partial charge in [-0.1, -0.05) is 16.8 Å². The summed E-state index contributed by atoms with van der Waals surface area (Å²) in [5.41, 5.74) is 1.16. The van der Waals surface area contributed by atoms with Crippen LogP contribution in [0.15, 0.2) is 45.3 Å². The predicted molar refractivity (Wildman–Crippen MR) is 88.4 cm³/mol. The topological polar surface area (TPSA) is 77.5 Å². The molecule has 1 aromatic carbocycles. The van der Waals surface area contributed by atoms with Crippen LogP contribution in [0, 0.1) is 13.8 Å². The molecule has 0 saturated carbocycles. The number of anilines is 1. The monoisotopic (exact) mass is 346 g/mol. The van der Waals surface area contributed by atoms with E-state index >= 15 is 0 Å². The molecule has 124 valence electrons. The van der Waals surface area contributed by atoms with Gasteiger partial charge < -0.3 is 19.0 Å². The van der Waals surface area contributed by atoms with E-state index < -0.39 is 0 Å². The molecule has 0 saturated heterocycles. The van der Waals surface area contributed by atoms with Crippen LogP contribution in [0.25, 0.3) is 0 Å². The van der Waals surface area contributed by atoms with Crippen molar-refractivity contribution >= 4 is 23.2 Å². The first-order chi connectivity index (χ1) is 11.5. The molecule has 7 heteroatoms. The van der Waals surface area contributed by atoms with Gasteiger partial charge in [-0.3, -0.25) is 4.79 Å². The number of benzene rings is 1. The van der Waals surface area contributed by atoms with E-state index in [1.165, 1.54) is 0 Å². The van der Waals surface area contributed by atoms with Gasteiger partial charge in [-0.25, -0.2) is 0 Å². The number of nitrogens with zero attached hydrogens (tertiary/aromatic N) is 1. The molecule has 1 N–H and O–H groups in total. The van der Waals surface area contributed by atoms with Crippen molar-refractivity contribution in [3.63, 3.8) is 0 Å². The minimum absolute atomic E-state index is 0.185. The fourth-order valence-electron chi connectivity index (χ4n) is 2.10. The highest BCUT2D eigenvalue weighted by atomic mass is 35.5. The van der Waals surface area contributed by atoms with E-state index in [9.17, 15) is 4.79 Å². The highest BCUT2D eigenvalue weighted by Gasteiger charge is 2.16. The second-order valence-electron chi connectivity index (χ2n) is 5.16. The third-order valence-corrected chi connectivity index (χ3v) is 3.60. The van der Waals surface area contributed by atoms with Crippen molar-refractivity contribution in [2.24, 2.45) is 0 Å². The zero-order valence-electron chi connectivity index (χ0n) is 13.1. The lowest BCUT2D eigenvalue weighted by Crippen LogP contribution is -2.12. The van der Waals surface area contributed by atoms with Crippen molar-refractivity contribution in [2.75, 3.05) is 5.32 Å². The highest BCUT2D eigenvalue weighted by molar-refractivity contribution is 6.30. The van der Waals surface area contributed by atoms with Crippen LogP contribution in [0.4, 0.5) is 5.69 Å². The van der Waals surface area contributed by atoms with E-state index in [4.69, 9.17) is 25.3 Å². The molecule has 6 nitrogen and oxygen atoms in total. The molecular formula is C17H15ClN2O4. The highest BCUT2D eigenvalue weighted by Crippen LogP contribution is 2.21. The fraction of sp³-hybridized carbons (Fsp3) is 0.176. The van der Waals surface area contributed by atoms with Gasteiger partial charge in [0.15, 0.2) is 11.5 Å². The molecule has 2 heterocycles. The number of hydrogen-bond donors (Lipinski definition) is 1. The molecule has 0 unspecified atom stereocenters. The zero-order chi connectivity index (χ0) is 17.1. The quantitative estimate of drug-likeness (QED) is 0.742. The van der Waals surface area contributed by atoms with Gasteiger partial charge in [-0.05, 0) is 50.2 Å². The molecular weight excluding hydrogens is 332 g/mol. The van der Waals surface area contributed by atoms with E-state index in [0.717, 1.165) is 0 Å². The Morgan fingerprint density at radius 1 is 1.21 bits per heavy atom. The summed E-state index contributed by atoms with van der Waals surface area (Å²) >= 11 is 5.82. The van der Waals surface area contributed by atoms with E-state index in [1.54, 1.807) is 50.2 Å². The summed E-state index contributed by atoms with van der Waals surface area (Å²) in [5.74, 6) is 1.55. The first-order valence-corrected chi connectivity index (χ1v) is 7.62. The van der Waals surface area contributed by atoms with Crippen LogP contribution < -0.4 is 10.1 Å². The smallest absolute Gasteiger partial charge is 0.291 e. The summed E-state index contributed by atoms with van der Waals surface area (Å²) < 4.78 is 16.1. The van der Waals surface area contributed by atoms with Gasteiger partial charge in [0.25, 0.3) is 5.91 Å². The maximum absolute atomic E-state index is 12.2. The van der Waals surface area contributed by atoms with Crippen molar-refractivity contribution < 1.29 is 18.5 Å². The van der Waals surface area contributed by atoms with Crippen LogP contribution in [0.3, 0.4) is 0 Å². The third kappa shape index (κ3) is 3.60. The second kappa shape index (κ2) is 6.80. The van der Waals surface area contributed by atoms with E-state index in [0.29, 0.717) is 33.7 Å². The minimum Gasteiger partial charge on any atom is -0.486 e. The summed E-state index contributed by atoms with van der Waals surface area (Å²) in [7, 11) is 0. The number of aryl methyl sites for hydroxylation is 2. The summed E-state index contributed by atoms with van der Waals surface area (Å²) in [6.45, 7) is 3.68. The summed E-state index contributed by atoms with van der Waals surface area (Å²) in [4.78, 5) is 12.2. The maximum atomic E-state index is 12.2. The summed E-state index contributed by atoms with van der Waals surface area (Å²) in [6, 6.07) is 10.3. The zero-order valence-corrected chi connectivity index (χ0v) is 13.9. The van der Waals surface area contributed by atoms with Crippen molar-refractivity contribution in [1.82, 2.24) is 5.16 Å². The van der Waals surface area contributed by atoms with E-state index in [-0.39, 0.29) is 18.3 Å². The molecule has 0 fully saturated rings. The Labute approximate surface area is 143 Å². The number of rotatable bonds is 5. The molecule has 3 rings (SSSR count). The van der Waals surface area contributed by atoms with Gasteiger partial charge in [0.2, 0.25) is 0 Å². The van der Waals surface area contributed by atoms with Gasteiger partial charge >= 0.3 is 0 Å². The van der Waals surface area contributed by atoms with Crippen LogP contribution in [-0.2, 0) is 6.61 Å². The number of ether oxygens (including phenoxy) is 1. The summed E-state index contributed by atoms with van der Waals surface area (Å²) in [6.07, 6.45) is 0. The third-order valence-electron chi connectivity index (χ3n) is 3.35. The van der Waals surface area contributed by atoms with Crippen LogP contribution in [-0.4, -0.2) is 11.1 Å². The molecule has 0 aliphatic carbocycles. The lowest BCUT2D eigenvalue weighted by molar-refractivity contribution is 0.0992. The molecule has 0 spiro atoms. The van der Waals surface area contributed by atoms with Crippen LogP contribution in [0.1, 0.15) is 27.8 Å². The van der Waals surface area contributed by atoms with Gasteiger partial charge in [-0.2, -0.15) is 0 Å².